The first kappa shape index (κ1) is 16.2. The number of hydrogen-bond donors (Lipinski definition) is 1. The van der Waals surface area contributed by atoms with Crippen molar-refractivity contribution in [3.63, 3.8) is 0 Å². The van der Waals surface area contributed by atoms with E-state index in [1.54, 1.807) is 6.08 Å². The quantitative estimate of drug-likeness (QED) is 0.541. The van der Waals surface area contributed by atoms with Gasteiger partial charge in [-0.05, 0) is 12.7 Å². The second-order valence-corrected chi connectivity index (χ2v) is 4.86. The maximum atomic E-state index is 10.9. The molecule has 0 spiro atoms. The monoisotopic (exact) mass is 298 g/mol. The number of hydrogen-bond acceptors (Lipinski definition) is 7. The summed E-state index contributed by atoms with van der Waals surface area (Å²) in [7, 11) is 0. The van der Waals surface area contributed by atoms with Gasteiger partial charge in [0.15, 0.2) is 5.16 Å². The summed E-state index contributed by atoms with van der Waals surface area (Å²) in [5, 5.41) is 9.45. The molecule has 1 N–H and O–H groups in total. The zero-order valence-electron chi connectivity index (χ0n) is 11.6. The van der Waals surface area contributed by atoms with Crippen LogP contribution in [-0.2, 0) is 4.79 Å². The van der Waals surface area contributed by atoms with Crippen LogP contribution in [0.3, 0.4) is 0 Å². The van der Waals surface area contributed by atoms with Crippen LogP contribution >= 0.6 is 11.8 Å². The van der Waals surface area contributed by atoms with Crippen LogP contribution in [0, 0.1) is 0 Å². The van der Waals surface area contributed by atoms with Gasteiger partial charge in [-0.3, -0.25) is 4.79 Å². The average Bonchev–Trinajstić information content (AvgIpc) is 2.38. The fourth-order valence-corrected chi connectivity index (χ4v) is 1.94. The lowest BCUT2D eigenvalue weighted by Gasteiger charge is -2.19. The van der Waals surface area contributed by atoms with Gasteiger partial charge in [0.1, 0.15) is 6.54 Å². The van der Waals surface area contributed by atoms with Crippen molar-refractivity contribution in [3.8, 4) is 6.01 Å². The van der Waals surface area contributed by atoms with Crippen LogP contribution in [0.2, 0.25) is 0 Å². The van der Waals surface area contributed by atoms with Gasteiger partial charge >= 0.3 is 12.0 Å². The standard InChI is InChI=1S/C12H18N4O3S/c1-4-7-16(8-9(17)18)10-13-11(19-5-2)15-12(14-10)20-6-3/h4H,1,5-8H2,2-3H3,(H,17,18). The van der Waals surface area contributed by atoms with Gasteiger partial charge in [-0.1, -0.05) is 24.8 Å². The first-order valence-corrected chi connectivity index (χ1v) is 7.18. The smallest absolute Gasteiger partial charge is 0.323 e. The summed E-state index contributed by atoms with van der Waals surface area (Å²) >= 11 is 1.44. The van der Waals surface area contributed by atoms with E-state index in [4.69, 9.17) is 9.84 Å². The predicted molar refractivity (Wildman–Crippen MR) is 77.4 cm³/mol. The third-order valence-electron chi connectivity index (χ3n) is 2.09. The Morgan fingerprint density at radius 1 is 1.45 bits per heavy atom. The van der Waals surface area contributed by atoms with Crippen LogP contribution in [-0.4, -0.2) is 51.5 Å². The Morgan fingerprint density at radius 3 is 2.75 bits per heavy atom. The molecule has 0 saturated carbocycles. The third-order valence-corrected chi connectivity index (χ3v) is 2.82. The highest BCUT2D eigenvalue weighted by atomic mass is 32.2. The second kappa shape index (κ2) is 8.36. The van der Waals surface area contributed by atoms with Crippen molar-refractivity contribution in [2.24, 2.45) is 0 Å². The fourth-order valence-electron chi connectivity index (χ4n) is 1.39. The predicted octanol–water partition coefficient (Wildman–Crippen LogP) is 1.46. The van der Waals surface area contributed by atoms with E-state index in [2.05, 4.69) is 21.5 Å². The highest BCUT2D eigenvalue weighted by molar-refractivity contribution is 7.99. The fraction of sp³-hybridized carbons (Fsp3) is 0.500. The number of aliphatic carboxylic acids is 1. The first-order valence-electron chi connectivity index (χ1n) is 6.20. The van der Waals surface area contributed by atoms with E-state index in [0.29, 0.717) is 18.3 Å². The lowest BCUT2D eigenvalue weighted by Crippen LogP contribution is -2.31. The molecule has 7 nitrogen and oxygen atoms in total. The molecule has 1 aromatic rings. The molecule has 0 saturated heterocycles. The second-order valence-electron chi connectivity index (χ2n) is 3.63. The zero-order valence-corrected chi connectivity index (χ0v) is 12.4. The van der Waals surface area contributed by atoms with E-state index in [0.717, 1.165) is 5.75 Å². The van der Waals surface area contributed by atoms with Crippen molar-refractivity contribution in [1.29, 1.82) is 0 Å². The Kier molecular flexibility index (Phi) is 6.78. The summed E-state index contributed by atoms with van der Waals surface area (Å²) < 4.78 is 5.29. The third kappa shape index (κ3) is 5.04. The number of nitrogens with zero attached hydrogens (tertiary/aromatic N) is 4. The summed E-state index contributed by atoms with van der Waals surface area (Å²) in [5.74, 6) is 0.117. The molecule has 0 atom stereocenters. The van der Waals surface area contributed by atoms with Crippen LogP contribution in [0.15, 0.2) is 17.8 Å². The SMILES string of the molecule is C=CCN(CC(=O)O)c1nc(OCC)nc(SCC)n1. The molecule has 0 aliphatic carbocycles. The van der Waals surface area contributed by atoms with Crippen LogP contribution < -0.4 is 9.64 Å². The van der Waals surface area contributed by atoms with Gasteiger partial charge in [-0.15, -0.1) is 6.58 Å². The molecule has 0 aliphatic heterocycles. The van der Waals surface area contributed by atoms with Gasteiger partial charge in [-0.2, -0.15) is 15.0 Å². The Morgan fingerprint density at radius 2 is 2.20 bits per heavy atom. The average molecular weight is 298 g/mol. The number of rotatable bonds is 9. The summed E-state index contributed by atoms with van der Waals surface area (Å²) in [6, 6.07) is 0.202. The molecule has 0 bridgehead atoms. The molecular weight excluding hydrogens is 280 g/mol. The summed E-state index contributed by atoms with van der Waals surface area (Å²) in [6.45, 7) is 7.97. The highest BCUT2D eigenvalue weighted by Crippen LogP contribution is 2.19. The maximum absolute atomic E-state index is 10.9. The molecule has 1 heterocycles. The maximum Gasteiger partial charge on any atom is 0.323 e. The van der Waals surface area contributed by atoms with Crippen molar-refractivity contribution < 1.29 is 14.6 Å². The van der Waals surface area contributed by atoms with Gasteiger partial charge < -0.3 is 14.7 Å². The number of carboxylic acids is 1. The Bertz CT molecular complexity index is 446. The van der Waals surface area contributed by atoms with Crippen LogP contribution in [0.5, 0.6) is 6.01 Å². The molecule has 110 valence electrons. The van der Waals surface area contributed by atoms with Crippen molar-refractivity contribution >= 4 is 23.7 Å². The van der Waals surface area contributed by atoms with Gasteiger partial charge in [0.2, 0.25) is 5.95 Å². The number of ether oxygens (including phenoxy) is 1. The normalized spacial score (nSPS) is 10.1. The molecule has 1 aromatic heterocycles. The van der Waals surface area contributed by atoms with E-state index in [9.17, 15) is 4.79 Å². The molecular formula is C12H18N4O3S. The Balaban J connectivity index is 3.09. The van der Waals surface area contributed by atoms with Crippen molar-refractivity contribution in [2.45, 2.75) is 19.0 Å². The minimum Gasteiger partial charge on any atom is -0.480 e. The van der Waals surface area contributed by atoms with Crippen LogP contribution in [0.4, 0.5) is 5.95 Å². The van der Waals surface area contributed by atoms with Gasteiger partial charge in [0.05, 0.1) is 6.61 Å². The lowest BCUT2D eigenvalue weighted by molar-refractivity contribution is -0.135. The number of aromatic nitrogens is 3. The molecule has 0 fully saturated rings. The largest absolute Gasteiger partial charge is 0.480 e. The van der Waals surface area contributed by atoms with Crippen LogP contribution in [0.1, 0.15) is 13.8 Å². The Labute approximate surface area is 122 Å². The molecule has 1 rings (SSSR count). The van der Waals surface area contributed by atoms with E-state index in [1.165, 1.54) is 16.7 Å². The van der Waals surface area contributed by atoms with Crippen LogP contribution in [0.25, 0.3) is 0 Å². The lowest BCUT2D eigenvalue weighted by atomic mass is 10.5. The van der Waals surface area contributed by atoms with Crippen molar-refractivity contribution in [2.75, 3.05) is 30.3 Å². The zero-order chi connectivity index (χ0) is 15.0. The van der Waals surface area contributed by atoms with Crippen molar-refractivity contribution in [3.05, 3.63) is 12.7 Å². The molecule has 0 amide bonds. The number of anilines is 1. The van der Waals surface area contributed by atoms with Crippen molar-refractivity contribution in [1.82, 2.24) is 15.0 Å². The van der Waals surface area contributed by atoms with Gasteiger partial charge in [0, 0.05) is 6.54 Å². The molecule has 0 aliphatic rings. The van der Waals surface area contributed by atoms with E-state index in [-0.39, 0.29) is 18.5 Å². The number of carbonyl (C=O) groups is 1. The summed E-state index contributed by atoms with van der Waals surface area (Å²) in [4.78, 5) is 24.9. The van der Waals surface area contributed by atoms with Gasteiger partial charge in [0.25, 0.3) is 0 Å². The van der Waals surface area contributed by atoms with E-state index >= 15 is 0 Å². The minimum atomic E-state index is -0.963. The highest BCUT2D eigenvalue weighted by Gasteiger charge is 2.16. The van der Waals surface area contributed by atoms with E-state index < -0.39 is 5.97 Å². The molecule has 0 radical (unpaired) electrons. The van der Waals surface area contributed by atoms with E-state index in [1.807, 2.05) is 13.8 Å². The summed E-state index contributed by atoms with van der Waals surface area (Å²) in [6.07, 6.45) is 1.60. The van der Waals surface area contributed by atoms with Gasteiger partial charge in [-0.25, -0.2) is 0 Å². The first-order chi connectivity index (χ1) is 9.60. The number of carboxylic acid groups (broad SMARTS) is 1. The minimum absolute atomic E-state index is 0.202. The summed E-state index contributed by atoms with van der Waals surface area (Å²) in [5.41, 5.74) is 0. The molecule has 20 heavy (non-hydrogen) atoms. The Hall–Kier alpha value is -1.83. The molecule has 0 aromatic carbocycles. The topological polar surface area (TPSA) is 88.4 Å². The number of thioether (sulfide) groups is 1. The molecule has 8 heteroatoms. The molecule has 0 unspecified atom stereocenters.